The Labute approximate surface area is 88.7 Å². The van der Waals surface area contributed by atoms with Gasteiger partial charge in [-0.05, 0) is 37.8 Å². The number of aliphatic hydroxyl groups is 1. The first-order valence-electron chi connectivity index (χ1n) is 5.17. The van der Waals surface area contributed by atoms with E-state index in [4.69, 9.17) is 0 Å². The molecule has 1 unspecified atom stereocenters. The summed E-state index contributed by atoms with van der Waals surface area (Å²) in [4.78, 5) is 0. The van der Waals surface area contributed by atoms with Crippen LogP contribution in [0.4, 0.5) is 8.78 Å². The first kappa shape index (κ1) is 12.1. The molecule has 1 N–H and O–H groups in total. The molecule has 3 heteroatoms. The van der Waals surface area contributed by atoms with Gasteiger partial charge >= 0.3 is 0 Å². The van der Waals surface area contributed by atoms with Crippen LogP contribution in [0.5, 0.6) is 0 Å². The lowest BCUT2D eigenvalue weighted by Gasteiger charge is -2.10. The minimum atomic E-state index is -0.526. The van der Waals surface area contributed by atoms with Crippen LogP contribution in [0.25, 0.3) is 0 Å². The normalized spacial score (nSPS) is 12.9. The maximum atomic E-state index is 13.5. The van der Waals surface area contributed by atoms with E-state index in [9.17, 15) is 13.9 Å². The van der Waals surface area contributed by atoms with Crippen molar-refractivity contribution in [2.75, 3.05) is 0 Å². The van der Waals surface area contributed by atoms with Crippen molar-refractivity contribution in [3.63, 3.8) is 0 Å². The molecule has 0 heterocycles. The maximum Gasteiger partial charge on any atom is 0.132 e. The van der Waals surface area contributed by atoms with E-state index in [0.29, 0.717) is 18.4 Å². The highest BCUT2D eigenvalue weighted by molar-refractivity contribution is 5.26. The molecule has 1 aromatic carbocycles. The summed E-state index contributed by atoms with van der Waals surface area (Å²) in [6.45, 7) is 3.45. The fourth-order valence-electron chi connectivity index (χ4n) is 1.46. The van der Waals surface area contributed by atoms with Crippen LogP contribution in [-0.4, -0.2) is 11.2 Å². The van der Waals surface area contributed by atoms with Crippen molar-refractivity contribution in [2.45, 2.75) is 39.2 Å². The summed E-state index contributed by atoms with van der Waals surface area (Å²) in [6, 6.07) is 2.69. The van der Waals surface area contributed by atoms with Crippen molar-refractivity contribution in [2.24, 2.45) is 0 Å². The van der Waals surface area contributed by atoms with Gasteiger partial charge in [-0.15, -0.1) is 0 Å². The molecule has 0 amide bonds. The minimum Gasteiger partial charge on any atom is -0.393 e. The SMILES string of the molecule is CCC(O)CCc1c(F)ccc(C)c1F. The third kappa shape index (κ3) is 2.99. The lowest BCUT2D eigenvalue weighted by Crippen LogP contribution is -2.08. The van der Waals surface area contributed by atoms with Gasteiger partial charge in [-0.2, -0.15) is 0 Å². The molecule has 0 aromatic heterocycles. The predicted molar refractivity (Wildman–Crippen MR) is 55.7 cm³/mol. The first-order valence-corrected chi connectivity index (χ1v) is 5.17. The molecule has 0 radical (unpaired) electrons. The maximum absolute atomic E-state index is 13.5. The van der Waals surface area contributed by atoms with E-state index in [1.807, 2.05) is 6.92 Å². The molecule has 1 aromatic rings. The van der Waals surface area contributed by atoms with E-state index in [2.05, 4.69) is 0 Å². The number of hydrogen-bond donors (Lipinski definition) is 1. The molecule has 1 rings (SSSR count). The highest BCUT2D eigenvalue weighted by atomic mass is 19.1. The van der Waals surface area contributed by atoms with Gasteiger partial charge in [-0.1, -0.05) is 13.0 Å². The van der Waals surface area contributed by atoms with Crippen molar-refractivity contribution >= 4 is 0 Å². The second-order valence-corrected chi connectivity index (χ2v) is 3.76. The average molecular weight is 214 g/mol. The monoisotopic (exact) mass is 214 g/mol. The van der Waals surface area contributed by atoms with Crippen molar-refractivity contribution in [1.29, 1.82) is 0 Å². The molecule has 0 spiro atoms. The topological polar surface area (TPSA) is 20.2 Å². The van der Waals surface area contributed by atoms with E-state index in [-0.39, 0.29) is 12.0 Å². The van der Waals surface area contributed by atoms with E-state index in [1.165, 1.54) is 12.1 Å². The zero-order chi connectivity index (χ0) is 11.4. The van der Waals surface area contributed by atoms with E-state index in [1.54, 1.807) is 6.92 Å². The lowest BCUT2D eigenvalue weighted by molar-refractivity contribution is 0.160. The molecule has 0 aliphatic carbocycles. The summed E-state index contributed by atoms with van der Waals surface area (Å²) in [5.41, 5.74) is 0.528. The Bertz CT molecular complexity index is 337. The van der Waals surface area contributed by atoms with Crippen LogP contribution in [0.1, 0.15) is 30.9 Å². The van der Waals surface area contributed by atoms with Crippen LogP contribution < -0.4 is 0 Å². The Morgan fingerprint density at radius 2 is 2.00 bits per heavy atom. The van der Waals surface area contributed by atoms with Gasteiger partial charge in [0.1, 0.15) is 11.6 Å². The first-order chi connectivity index (χ1) is 7.06. The van der Waals surface area contributed by atoms with E-state index < -0.39 is 17.7 Å². The zero-order valence-corrected chi connectivity index (χ0v) is 9.06. The molecule has 1 atom stereocenters. The van der Waals surface area contributed by atoms with Crippen molar-refractivity contribution in [1.82, 2.24) is 0 Å². The second-order valence-electron chi connectivity index (χ2n) is 3.76. The number of benzene rings is 1. The number of rotatable bonds is 4. The van der Waals surface area contributed by atoms with Gasteiger partial charge < -0.3 is 5.11 Å². The van der Waals surface area contributed by atoms with Gasteiger partial charge in [0.05, 0.1) is 6.10 Å². The van der Waals surface area contributed by atoms with Gasteiger partial charge in [0, 0.05) is 5.56 Å². The molecule has 0 aliphatic heterocycles. The Balaban J connectivity index is 2.80. The summed E-state index contributed by atoms with van der Waals surface area (Å²) < 4.78 is 26.8. The van der Waals surface area contributed by atoms with Crippen LogP contribution in [0.3, 0.4) is 0 Å². The molecule has 0 saturated carbocycles. The fraction of sp³-hybridized carbons (Fsp3) is 0.500. The number of hydrogen-bond acceptors (Lipinski definition) is 1. The molecule has 15 heavy (non-hydrogen) atoms. The van der Waals surface area contributed by atoms with Gasteiger partial charge in [-0.25, -0.2) is 8.78 Å². The van der Waals surface area contributed by atoms with Crippen LogP contribution in [0, 0.1) is 18.6 Å². The van der Waals surface area contributed by atoms with Gasteiger partial charge in [0.25, 0.3) is 0 Å². The average Bonchev–Trinajstić information content (AvgIpc) is 2.23. The van der Waals surface area contributed by atoms with E-state index in [0.717, 1.165) is 0 Å². The van der Waals surface area contributed by atoms with Crippen LogP contribution in [-0.2, 0) is 6.42 Å². The minimum absolute atomic E-state index is 0.0856. The van der Waals surface area contributed by atoms with Crippen molar-refractivity contribution < 1.29 is 13.9 Å². The highest BCUT2D eigenvalue weighted by Crippen LogP contribution is 2.18. The van der Waals surface area contributed by atoms with Gasteiger partial charge in [-0.3, -0.25) is 0 Å². The molecule has 0 fully saturated rings. The summed E-state index contributed by atoms with van der Waals surface area (Å²) in [5.74, 6) is -1.01. The van der Waals surface area contributed by atoms with Crippen molar-refractivity contribution in [3.8, 4) is 0 Å². The third-order valence-electron chi connectivity index (χ3n) is 2.58. The van der Waals surface area contributed by atoms with Gasteiger partial charge in [0.2, 0.25) is 0 Å². The van der Waals surface area contributed by atoms with Crippen LogP contribution in [0.2, 0.25) is 0 Å². The Morgan fingerprint density at radius 1 is 1.33 bits per heavy atom. The Hall–Kier alpha value is -0.960. The molecule has 84 valence electrons. The zero-order valence-electron chi connectivity index (χ0n) is 9.06. The van der Waals surface area contributed by atoms with Crippen molar-refractivity contribution in [3.05, 3.63) is 34.9 Å². The quantitative estimate of drug-likeness (QED) is 0.817. The van der Waals surface area contributed by atoms with Crippen LogP contribution in [0.15, 0.2) is 12.1 Å². The number of aliphatic hydroxyl groups excluding tert-OH is 1. The summed E-state index contributed by atoms with van der Waals surface area (Å²) in [7, 11) is 0. The molecular weight excluding hydrogens is 198 g/mol. The van der Waals surface area contributed by atoms with Crippen LogP contribution >= 0.6 is 0 Å². The second kappa shape index (κ2) is 5.21. The molecule has 0 bridgehead atoms. The standard InChI is InChI=1S/C12H16F2O/c1-3-9(15)5-6-10-11(13)7-4-8(2)12(10)14/h4,7,9,15H,3,5-6H2,1-2H3. The lowest BCUT2D eigenvalue weighted by atomic mass is 10.0. The number of halogens is 2. The molecule has 0 aliphatic rings. The van der Waals surface area contributed by atoms with Gasteiger partial charge in [0.15, 0.2) is 0 Å². The smallest absolute Gasteiger partial charge is 0.132 e. The summed E-state index contributed by atoms with van der Waals surface area (Å²) in [5, 5.41) is 9.33. The molecular formula is C12H16F2O. The molecule has 0 saturated heterocycles. The molecule has 1 nitrogen and oxygen atoms in total. The Kier molecular flexibility index (Phi) is 4.21. The third-order valence-corrected chi connectivity index (χ3v) is 2.58. The van der Waals surface area contributed by atoms with E-state index >= 15 is 0 Å². The predicted octanol–water partition coefficient (Wildman–Crippen LogP) is 2.98. The Morgan fingerprint density at radius 3 is 2.60 bits per heavy atom. The number of aryl methyl sites for hydroxylation is 1. The largest absolute Gasteiger partial charge is 0.393 e. The summed E-state index contributed by atoms with van der Waals surface area (Å²) >= 11 is 0. The highest BCUT2D eigenvalue weighted by Gasteiger charge is 2.12. The summed E-state index contributed by atoms with van der Waals surface area (Å²) in [6.07, 6.45) is 0.765. The fourth-order valence-corrected chi connectivity index (χ4v) is 1.46.